The maximum absolute atomic E-state index is 12.2. The van der Waals surface area contributed by atoms with Crippen molar-refractivity contribution in [3.8, 4) is 0 Å². The first-order valence-corrected chi connectivity index (χ1v) is 5.68. The summed E-state index contributed by atoms with van der Waals surface area (Å²) in [5.41, 5.74) is 5.29. The zero-order valence-electron chi connectivity index (χ0n) is 10.5. The van der Waals surface area contributed by atoms with Crippen molar-refractivity contribution in [3.63, 3.8) is 0 Å². The van der Waals surface area contributed by atoms with E-state index < -0.39 is 23.6 Å². The van der Waals surface area contributed by atoms with Gasteiger partial charge in [0.1, 0.15) is 0 Å². The third-order valence-corrected chi connectivity index (χ3v) is 2.61. The number of Topliss-reactive ketones (excluding diaryl/α,β-unsaturated/α-hetero) is 1. The van der Waals surface area contributed by atoms with E-state index in [0.717, 1.165) is 10.9 Å². The Morgan fingerprint density at radius 3 is 2.33 bits per heavy atom. The van der Waals surface area contributed by atoms with Crippen molar-refractivity contribution in [2.24, 2.45) is 5.73 Å². The molecule has 0 aliphatic heterocycles. The van der Waals surface area contributed by atoms with Gasteiger partial charge in [-0.2, -0.15) is 13.2 Å². The monoisotopic (exact) mass is 298 g/mol. The predicted molar refractivity (Wildman–Crippen MR) is 64.5 cm³/mol. The topological polar surface area (TPSA) is 90.9 Å². The fourth-order valence-electron chi connectivity index (χ4n) is 1.59. The highest BCUT2D eigenvalue weighted by Crippen LogP contribution is 2.20. The molecule has 2 rings (SSSR count). The van der Waals surface area contributed by atoms with E-state index in [1.807, 2.05) is 0 Å². The second-order valence-electron chi connectivity index (χ2n) is 4.19. The molecule has 0 aliphatic rings. The van der Waals surface area contributed by atoms with Crippen molar-refractivity contribution >= 4 is 11.7 Å². The fraction of sp³-hybridized carbons (Fsp3) is 0.167. The van der Waals surface area contributed by atoms with E-state index in [0.29, 0.717) is 11.1 Å². The summed E-state index contributed by atoms with van der Waals surface area (Å²) in [4.78, 5) is 21.9. The number of benzene rings is 1. The van der Waals surface area contributed by atoms with E-state index >= 15 is 0 Å². The molecular weight excluding hydrogens is 289 g/mol. The first kappa shape index (κ1) is 14.7. The first-order chi connectivity index (χ1) is 9.77. The number of ketones is 1. The van der Waals surface area contributed by atoms with Crippen molar-refractivity contribution in [3.05, 3.63) is 47.3 Å². The fourth-order valence-corrected chi connectivity index (χ4v) is 1.59. The first-order valence-electron chi connectivity index (χ1n) is 5.68. The van der Waals surface area contributed by atoms with Gasteiger partial charge >= 0.3 is 6.18 Å². The molecule has 0 saturated carbocycles. The summed E-state index contributed by atoms with van der Waals surface area (Å²) in [7, 11) is 0. The number of aromatic nitrogens is 3. The second kappa shape index (κ2) is 5.35. The van der Waals surface area contributed by atoms with Crippen LogP contribution in [-0.2, 0) is 6.54 Å². The van der Waals surface area contributed by atoms with Gasteiger partial charge in [0.15, 0.2) is 5.69 Å². The van der Waals surface area contributed by atoms with Gasteiger partial charge in [0.2, 0.25) is 5.91 Å². The summed E-state index contributed by atoms with van der Waals surface area (Å²) in [6, 6.07) is 6.12. The van der Waals surface area contributed by atoms with Gasteiger partial charge in [-0.3, -0.25) is 9.59 Å². The summed E-state index contributed by atoms with van der Waals surface area (Å²) in [5.74, 6) is -2.63. The minimum absolute atomic E-state index is 0.108. The lowest BCUT2D eigenvalue weighted by Gasteiger charge is -2.02. The minimum Gasteiger partial charge on any atom is -0.366 e. The standard InChI is InChI=1S/C12H9F3N4O2/c13-12(14,15)10(20)9-6-19(18-17-9)5-7-1-3-8(4-2-7)11(16)21/h1-4,6H,5H2,(H2,16,21). The Kier molecular flexibility index (Phi) is 3.74. The maximum Gasteiger partial charge on any atom is 0.456 e. The molecule has 110 valence electrons. The highest BCUT2D eigenvalue weighted by atomic mass is 19.4. The van der Waals surface area contributed by atoms with Crippen LogP contribution in [0.25, 0.3) is 0 Å². The molecule has 2 aromatic rings. The van der Waals surface area contributed by atoms with Crippen molar-refractivity contribution in [1.82, 2.24) is 15.0 Å². The van der Waals surface area contributed by atoms with Crippen molar-refractivity contribution in [1.29, 1.82) is 0 Å². The summed E-state index contributed by atoms with van der Waals surface area (Å²) in [6.07, 6.45) is -4.07. The normalized spacial score (nSPS) is 11.4. The number of nitrogens with two attached hydrogens (primary N) is 1. The van der Waals surface area contributed by atoms with Crippen LogP contribution >= 0.6 is 0 Å². The molecule has 1 aromatic carbocycles. The number of carbonyl (C=O) groups is 2. The highest BCUT2D eigenvalue weighted by molar-refractivity contribution is 5.98. The summed E-state index contributed by atoms with van der Waals surface area (Å²) in [6.45, 7) is 0.108. The van der Waals surface area contributed by atoms with Gasteiger partial charge in [-0.25, -0.2) is 4.68 Å². The Balaban J connectivity index is 2.12. The Bertz CT molecular complexity index is 677. The molecule has 0 aliphatic carbocycles. The third kappa shape index (κ3) is 3.44. The van der Waals surface area contributed by atoms with Gasteiger partial charge < -0.3 is 5.73 Å². The number of rotatable bonds is 4. The Morgan fingerprint density at radius 2 is 1.81 bits per heavy atom. The van der Waals surface area contributed by atoms with Crippen molar-refractivity contribution in [2.45, 2.75) is 12.7 Å². The molecule has 21 heavy (non-hydrogen) atoms. The van der Waals surface area contributed by atoms with Crippen LogP contribution in [0.15, 0.2) is 30.5 Å². The third-order valence-electron chi connectivity index (χ3n) is 2.61. The van der Waals surface area contributed by atoms with Crippen LogP contribution in [0.3, 0.4) is 0 Å². The van der Waals surface area contributed by atoms with E-state index in [-0.39, 0.29) is 6.54 Å². The lowest BCUT2D eigenvalue weighted by molar-refractivity contribution is -0.0888. The summed E-state index contributed by atoms with van der Waals surface area (Å²) >= 11 is 0. The molecule has 1 amide bonds. The molecule has 0 saturated heterocycles. The predicted octanol–water partition coefficient (Wildman–Crippen LogP) is 1.17. The van der Waals surface area contributed by atoms with Crippen molar-refractivity contribution < 1.29 is 22.8 Å². The van der Waals surface area contributed by atoms with E-state index in [4.69, 9.17) is 5.73 Å². The zero-order valence-corrected chi connectivity index (χ0v) is 10.5. The van der Waals surface area contributed by atoms with Gasteiger partial charge in [-0.15, -0.1) is 5.10 Å². The van der Waals surface area contributed by atoms with Crippen LogP contribution in [0.1, 0.15) is 26.4 Å². The van der Waals surface area contributed by atoms with Gasteiger partial charge in [0.25, 0.3) is 5.78 Å². The van der Waals surface area contributed by atoms with Crippen molar-refractivity contribution in [2.75, 3.05) is 0 Å². The zero-order chi connectivity index (χ0) is 15.6. The Labute approximate surface area is 116 Å². The van der Waals surface area contributed by atoms with E-state index in [9.17, 15) is 22.8 Å². The molecular formula is C12H9F3N4O2. The number of amides is 1. The molecule has 0 bridgehead atoms. The van der Waals surface area contributed by atoms with Crippen LogP contribution < -0.4 is 5.73 Å². The SMILES string of the molecule is NC(=O)c1ccc(Cn2cc(C(=O)C(F)(F)F)nn2)cc1. The largest absolute Gasteiger partial charge is 0.456 e. The number of nitrogens with zero attached hydrogens (tertiary/aromatic N) is 3. The molecule has 1 aromatic heterocycles. The lowest BCUT2D eigenvalue weighted by atomic mass is 10.1. The molecule has 0 atom stereocenters. The Morgan fingerprint density at radius 1 is 1.19 bits per heavy atom. The second-order valence-corrected chi connectivity index (χ2v) is 4.19. The number of carbonyl (C=O) groups excluding carboxylic acids is 2. The number of hydrogen-bond acceptors (Lipinski definition) is 4. The minimum atomic E-state index is -4.98. The molecule has 0 fully saturated rings. The Hall–Kier alpha value is -2.71. The van der Waals surface area contributed by atoms with Gasteiger partial charge in [-0.1, -0.05) is 17.3 Å². The molecule has 9 heteroatoms. The molecule has 0 unspecified atom stereocenters. The molecule has 6 nitrogen and oxygen atoms in total. The van der Waals surface area contributed by atoms with Crippen LogP contribution in [0.5, 0.6) is 0 Å². The average Bonchev–Trinajstić information content (AvgIpc) is 2.85. The number of hydrogen-bond donors (Lipinski definition) is 1. The average molecular weight is 298 g/mol. The summed E-state index contributed by atoms with van der Waals surface area (Å²) < 4.78 is 37.8. The number of primary amides is 1. The molecule has 2 N–H and O–H groups in total. The number of halogens is 3. The van der Waals surface area contributed by atoms with E-state index in [2.05, 4.69) is 10.3 Å². The summed E-state index contributed by atoms with van der Waals surface area (Å²) in [5, 5.41) is 6.65. The highest BCUT2D eigenvalue weighted by Gasteiger charge is 2.41. The quantitative estimate of drug-likeness (QED) is 0.858. The van der Waals surface area contributed by atoms with Gasteiger partial charge in [-0.05, 0) is 17.7 Å². The maximum atomic E-state index is 12.2. The van der Waals surface area contributed by atoms with Crippen LogP contribution in [-0.4, -0.2) is 32.9 Å². The number of alkyl halides is 3. The molecule has 0 spiro atoms. The van der Waals surface area contributed by atoms with Crippen LogP contribution in [0, 0.1) is 0 Å². The molecule has 1 heterocycles. The smallest absolute Gasteiger partial charge is 0.366 e. The lowest BCUT2D eigenvalue weighted by Crippen LogP contribution is -2.23. The van der Waals surface area contributed by atoms with Crippen LogP contribution in [0.2, 0.25) is 0 Å². The van der Waals surface area contributed by atoms with Gasteiger partial charge in [0, 0.05) is 5.56 Å². The van der Waals surface area contributed by atoms with Gasteiger partial charge in [0.05, 0.1) is 12.7 Å². The van der Waals surface area contributed by atoms with Crippen LogP contribution in [0.4, 0.5) is 13.2 Å². The van der Waals surface area contributed by atoms with E-state index in [1.165, 1.54) is 12.1 Å². The van der Waals surface area contributed by atoms with E-state index in [1.54, 1.807) is 12.1 Å². The molecule has 0 radical (unpaired) electrons.